The number of ether oxygens (including phenoxy) is 1. The monoisotopic (exact) mass is 261 g/mol. The van der Waals surface area contributed by atoms with E-state index >= 15 is 0 Å². The third-order valence-electron chi connectivity index (χ3n) is 2.82. The molecule has 94 valence electrons. The molecule has 0 amide bonds. The maximum Gasteiger partial charge on any atom is 0.0801 e. The topological polar surface area (TPSA) is 35.2 Å². The number of rotatable bonds is 4. The average molecular weight is 262 g/mol. The Morgan fingerprint density at radius 3 is 2.28 bits per heavy atom. The summed E-state index contributed by atoms with van der Waals surface area (Å²) in [5.74, 6) is 0. The molecule has 18 heavy (non-hydrogen) atoms. The maximum absolute atomic E-state index is 5.83. The zero-order chi connectivity index (χ0) is 13.0. The van der Waals surface area contributed by atoms with Crippen molar-refractivity contribution >= 4 is 17.3 Å². The molecule has 0 aromatic heterocycles. The van der Waals surface area contributed by atoms with E-state index in [0.717, 1.165) is 21.8 Å². The first kappa shape index (κ1) is 12.9. The smallest absolute Gasteiger partial charge is 0.0801 e. The van der Waals surface area contributed by atoms with Crippen LogP contribution in [0.25, 0.3) is 0 Å². The summed E-state index contributed by atoms with van der Waals surface area (Å²) in [5.41, 5.74) is 8.66. The van der Waals surface area contributed by atoms with Gasteiger partial charge in [-0.1, -0.05) is 35.9 Å². The lowest BCUT2D eigenvalue weighted by atomic mass is 10.1. The van der Waals surface area contributed by atoms with Crippen LogP contribution in [-0.4, -0.2) is 0 Å². The van der Waals surface area contributed by atoms with E-state index in [1.807, 2.05) is 55.5 Å². The van der Waals surface area contributed by atoms with E-state index in [2.05, 4.69) is 0 Å². The van der Waals surface area contributed by atoms with Crippen molar-refractivity contribution < 1.29 is 4.74 Å². The van der Waals surface area contributed by atoms with Crippen LogP contribution in [0.15, 0.2) is 48.5 Å². The Kier molecular flexibility index (Phi) is 4.24. The van der Waals surface area contributed by atoms with Crippen LogP contribution in [0.2, 0.25) is 5.02 Å². The standard InChI is InChI=1S/C15H16ClNO/c1-11(13-4-8-15(17)9-5-13)18-10-12-2-6-14(16)7-3-12/h2-9,11H,10,17H2,1H3. The SMILES string of the molecule is CC(OCc1ccc(Cl)cc1)c1ccc(N)cc1. The number of nitrogen functional groups attached to an aromatic ring is 1. The van der Waals surface area contributed by atoms with Crippen LogP contribution in [0, 0.1) is 0 Å². The van der Waals surface area contributed by atoms with Crippen LogP contribution in [0.3, 0.4) is 0 Å². The Labute approximate surface area is 112 Å². The second-order valence-corrected chi connectivity index (χ2v) is 4.68. The van der Waals surface area contributed by atoms with Crippen molar-refractivity contribution in [3.8, 4) is 0 Å². The van der Waals surface area contributed by atoms with Gasteiger partial charge in [-0.25, -0.2) is 0 Å². The largest absolute Gasteiger partial charge is 0.399 e. The summed E-state index contributed by atoms with van der Waals surface area (Å²) in [6.45, 7) is 2.60. The van der Waals surface area contributed by atoms with Crippen LogP contribution >= 0.6 is 11.6 Å². The molecule has 0 fully saturated rings. The molecule has 0 aliphatic carbocycles. The lowest BCUT2D eigenvalue weighted by Crippen LogP contribution is -2.00. The summed E-state index contributed by atoms with van der Waals surface area (Å²) >= 11 is 5.83. The highest BCUT2D eigenvalue weighted by atomic mass is 35.5. The van der Waals surface area contributed by atoms with Gasteiger partial charge in [0, 0.05) is 10.7 Å². The second kappa shape index (κ2) is 5.89. The van der Waals surface area contributed by atoms with Gasteiger partial charge in [-0.3, -0.25) is 0 Å². The Morgan fingerprint density at radius 1 is 1.06 bits per heavy atom. The van der Waals surface area contributed by atoms with Crippen molar-refractivity contribution in [2.45, 2.75) is 19.6 Å². The molecule has 0 saturated carbocycles. The van der Waals surface area contributed by atoms with E-state index in [0.29, 0.717) is 6.61 Å². The number of halogens is 1. The first-order valence-corrected chi connectivity index (χ1v) is 6.24. The number of benzene rings is 2. The molecule has 1 unspecified atom stereocenters. The van der Waals surface area contributed by atoms with Crippen molar-refractivity contribution in [1.29, 1.82) is 0 Å². The molecule has 2 nitrogen and oxygen atoms in total. The summed E-state index contributed by atoms with van der Waals surface area (Å²) in [6.07, 6.45) is 0.0429. The quantitative estimate of drug-likeness (QED) is 0.837. The molecular formula is C15H16ClNO. The highest BCUT2D eigenvalue weighted by Crippen LogP contribution is 2.20. The summed E-state index contributed by atoms with van der Waals surface area (Å²) in [4.78, 5) is 0. The van der Waals surface area contributed by atoms with Gasteiger partial charge in [0.15, 0.2) is 0 Å². The van der Waals surface area contributed by atoms with Crippen LogP contribution in [0.4, 0.5) is 5.69 Å². The predicted molar refractivity (Wildman–Crippen MR) is 75.5 cm³/mol. The van der Waals surface area contributed by atoms with Crippen molar-refractivity contribution in [2.24, 2.45) is 0 Å². The minimum atomic E-state index is 0.0429. The fourth-order valence-electron chi connectivity index (χ4n) is 1.67. The van der Waals surface area contributed by atoms with Gasteiger partial charge >= 0.3 is 0 Å². The molecule has 2 N–H and O–H groups in total. The summed E-state index contributed by atoms with van der Waals surface area (Å²) < 4.78 is 5.81. The zero-order valence-electron chi connectivity index (χ0n) is 10.3. The first-order valence-electron chi connectivity index (χ1n) is 5.86. The summed E-state index contributed by atoms with van der Waals surface area (Å²) in [5, 5.41) is 0.741. The van der Waals surface area contributed by atoms with Gasteiger partial charge in [-0.05, 0) is 42.3 Å². The van der Waals surface area contributed by atoms with Crippen molar-refractivity contribution in [2.75, 3.05) is 5.73 Å². The minimum Gasteiger partial charge on any atom is -0.399 e. The van der Waals surface area contributed by atoms with Crippen LogP contribution < -0.4 is 5.73 Å². The number of hydrogen-bond donors (Lipinski definition) is 1. The molecule has 0 aliphatic heterocycles. The minimum absolute atomic E-state index is 0.0429. The Bertz CT molecular complexity index is 493. The van der Waals surface area contributed by atoms with E-state index in [1.165, 1.54) is 0 Å². The number of nitrogens with two attached hydrogens (primary N) is 1. The molecular weight excluding hydrogens is 246 g/mol. The normalized spacial score (nSPS) is 12.3. The maximum atomic E-state index is 5.83. The van der Waals surface area contributed by atoms with Gasteiger partial charge in [0.25, 0.3) is 0 Å². The lowest BCUT2D eigenvalue weighted by molar-refractivity contribution is 0.0526. The zero-order valence-corrected chi connectivity index (χ0v) is 11.0. The van der Waals surface area contributed by atoms with E-state index in [1.54, 1.807) is 0 Å². The van der Waals surface area contributed by atoms with Gasteiger partial charge in [0.1, 0.15) is 0 Å². The average Bonchev–Trinajstić information content (AvgIpc) is 2.38. The Hall–Kier alpha value is -1.51. The summed E-state index contributed by atoms with van der Waals surface area (Å²) in [7, 11) is 0. The second-order valence-electron chi connectivity index (χ2n) is 4.25. The van der Waals surface area contributed by atoms with Gasteiger partial charge in [0.2, 0.25) is 0 Å². The van der Waals surface area contributed by atoms with Gasteiger partial charge in [0.05, 0.1) is 12.7 Å². The third-order valence-corrected chi connectivity index (χ3v) is 3.07. The molecule has 0 radical (unpaired) electrons. The van der Waals surface area contributed by atoms with E-state index in [9.17, 15) is 0 Å². The molecule has 0 aliphatic rings. The summed E-state index contributed by atoms with van der Waals surface area (Å²) in [6, 6.07) is 15.4. The third kappa shape index (κ3) is 3.49. The van der Waals surface area contributed by atoms with Crippen molar-refractivity contribution in [3.63, 3.8) is 0 Å². The highest BCUT2D eigenvalue weighted by Gasteiger charge is 2.05. The molecule has 1 atom stereocenters. The Morgan fingerprint density at radius 2 is 1.67 bits per heavy atom. The van der Waals surface area contributed by atoms with Crippen molar-refractivity contribution in [3.05, 3.63) is 64.7 Å². The predicted octanol–water partition coefficient (Wildman–Crippen LogP) is 4.20. The van der Waals surface area contributed by atoms with E-state index < -0.39 is 0 Å². The molecule has 0 saturated heterocycles. The van der Waals surface area contributed by atoms with E-state index in [4.69, 9.17) is 22.1 Å². The number of anilines is 1. The fraction of sp³-hybridized carbons (Fsp3) is 0.200. The van der Waals surface area contributed by atoms with Crippen LogP contribution in [0.1, 0.15) is 24.2 Å². The molecule has 0 heterocycles. The van der Waals surface area contributed by atoms with Crippen LogP contribution in [0.5, 0.6) is 0 Å². The molecule has 0 spiro atoms. The van der Waals surface area contributed by atoms with Crippen molar-refractivity contribution in [1.82, 2.24) is 0 Å². The first-order chi connectivity index (χ1) is 8.65. The lowest BCUT2D eigenvalue weighted by Gasteiger charge is -2.13. The van der Waals surface area contributed by atoms with E-state index in [-0.39, 0.29) is 6.10 Å². The Balaban J connectivity index is 1.93. The molecule has 2 rings (SSSR count). The molecule has 2 aromatic rings. The van der Waals surface area contributed by atoms with Crippen LogP contribution in [-0.2, 0) is 11.3 Å². The van der Waals surface area contributed by atoms with Gasteiger partial charge in [-0.15, -0.1) is 0 Å². The van der Waals surface area contributed by atoms with Gasteiger partial charge in [-0.2, -0.15) is 0 Å². The number of hydrogen-bond acceptors (Lipinski definition) is 2. The highest BCUT2D eigenvalue weighted by molar-refractivity contribution is 6.30. The fourth-order valence-corrected chi connectivity index (χ4v) is 1.79. The van der Waals surface area contributed by atoms with Gasteiger partial charge < -0.3 is 10.5 Å². The molecule has 0 bridgehead atoms. The molecule has 3 heteroatoms. The molecule has 2 aromatic carbocycles.